The molecule has 0 aliphatic rings. The highest BCUT2D eigenvalue weighted by Crippen LogP contribution is 2.34. The van der Waals surface area contributed by atoms with E-state index >= 15 is 0 Å². The molecule has 0 fully saturated rings. The van der Waals surface area contributed by atoms with E-state index in [9.17, 15) is 10.5 Å². The third kappa shape index (κ3) is 10.5. The predicted octanol–water partition coefficient (Wildman–Crippen LogP) is 11.0. The largest absolute Gasteiger partial charge is 0.493 e. The molecule has 0 amide bonds. The average molecular weight is 589 g/mol. The lowest BCUT2D eigenvalue weighted by molar-refractivity contribution is 0.227. The molecular formula is C40H48N2O2. The number of benzene rings is 3. The highest BCUT2D eigenvalue weighted by Gasteiger charge is 2.15. The molecule has 0 N–H and O–H groups in total. The topological polar surface area (TPSA) is 66.0 Å². The fourth-order valence-corrected chi connectivity index (χ4v) is 5.16. The van der Waals surface area contributed by atoms with Crippen molar-refractivity contribution in [3.05, 3.63) is 94.0 Å². The number of nitriles is 2. The van der Waals surface area contributed by atoms with Gasteiger partial charge in [-0.1, -0.05) is 127 Å². The zero-order valence-corrected chi connectivity index (χ0v) is 27.0. The molecule has 2 atom stereocenters. The normalized spacial score (nSPS) is 12.6. The van der Waals surface area contributed by atoms with Gasteiger partial charge in [0.25, 0.3) is 0 Å². The van der Waals surface area contributed by atoms with Gasteiger partial charge < -0.3 is 9.47 Å². The molecule has 0 aliphatic carbocycles. The van der Waals surface area contributed by atoms with Gasteiger partial charge in [0.15, 0.2) is 0 Å². The Hall–Kier alpha value is -4.28. The van der Waals surface area contributed by atoms with Gasteiger partial charge in [-0.15, -0.1) is 0 Å². The quantitative estimate of drug-likeness (QED) is 0.139. The molecule has 3 rings (SSSR count). The van der Waals surface area contributed by atoms with Crippen LogP contribution in [0, 0.1) is 34.5 Å². The third-order valence-electron chi connectivity index (χ3n) is 8.23. The number of ether oxygens (including phenoxy) is 2. The maximum absolute atomic E-state index is 9.63. The Kier molecular flexibility index (Phi) is 14.8. The third-order valence-corrected chi connectivity index (χ3v) is 8.23. The fourth-order valence-electron chi connectivity index (χ4n) is 5.16. The van der Waals surface area contributed by atoms with Crippen molar-refractivity contribution in [2.24, 2.45) is 11.8 Å². The zero-order valence-electron chi connectivity index (χ0n) is 27.0. The highest BCUT2D eigenvalue weighted by atomic mass is 16.5. The Morgan fingerprint density at radius 1 is 0.591 bits per heavy atom. The summed E-state index contributed by atoms with van der Waals surface area (Å²) in [5.74, 6) is 2.52. The molecule has 0 aliphatic heterocycles. The first kappa shape index (κ1) is 34.2. The van der Waals surface area contributed by atoms with Gasteiger partial charge in [-0.3, -0.25) is 0 Å². The van der Waals surface area contributed by atoms with Crippen molar-refractivity contribution in [2.75, 3.05) is 13.2 Å². The zero-order chi connectivity index (χ0) is 31.6. The molecule has 3 aromatic rings. The summed E-state index contributed by atoms with van der Waals surface area (Å²) in [6, 6.07) is 23.9. The molecule has 0 aromatic heterocycles. The summed E-state index contributed by atoms with van der Waals surface area (Å²) in [7, 11) is 0. The average Bonchev–Trinajstić information content (AvgIpc) is 3.07. The van der Waals surface area contributed by atoms with E-state index in [1.165, 1.54) is 25.7 Å². The molecular weight excluding hydrogens is 540 g/mol. The van der Waals surface area contributed by atoms with Gasteiger partial charge in [0.05, 0.1) is 36.5 Å². The lowest BCUT2D eigenvalue weighted by Gasteiger charge is -2.20. The Morgan fingerprint density at radius 2 is 0.977 bits per heavy atom. The van der Waals surface area contributed by atoms with Crippen molar-refractivity contribution >= 4 is 24.3 Å². The SMILES string of the molecule is CCCCC(CC)COc1cc(/C=C/c2ccccc2C#N)c(OCC(CC)CCCC)cc1/C=C/c1ccccc1C#N. The second kappa shape index (κ2) is 19.1. The predicted molar refractivity (Wildman–Crippen MR) is 184 cm³/mol. The van der Waals surface area contributed by atoms with Crippen molar-refractivity contribution in [2.45, 2.75) is 79.1 Å². The van der Waals surface area contributed by atoms with E-state index in [1.807, 2.05) is 72.8 Å². The van der Waals surface area contributed by atoms with Crippen LogP contribution in [0.5, 0.6) is 11.5 Å². The van der Waals surface area contributed by atoms with E-state index in [-0.39, 0.29) is 0 Å². The summed E-state index contributed by atoms with van der Waals surface area (Å²) in [6.07, 6.45) is 17.1. The molecule has 0 bridgehead atoms. The lowest BCUT2D eigenvalue weighted by Crippen LogP contribution is -2.13. The number of rotatable bonds is 18. The molecule has 0 spiro atoms. The van der Waals surface area contributed by atoms with Crippen LogP contribution in [0.1, 0.15) is 112 Å². The van der Waals surface area contributed by atoms with Gasteiger partial charge in [0.2, 0.25) is 0 Å². The minimum absolute atomic E-state index is 0.479. The standard InChI is InChI=1S/C40H48N2O2/c1-5-9-15-31(7-3)29-43-39-25-36(24-22-34-18-12-14-20-38(34)28-42)40(44-30-32(8-4)16-10-6-2)26-35(39)23-21-33-17-11-13-19-37(33)27-41/h11-14,17-26,31-32H,5-10,15-16,29-30H2,1-4H3/b23-21+,24-22+. The van der Waals surface area contributed by atoms with Gasteiger partial charge in [0.1, 0.15) is 11.5 Å². The minimum atomic E-state index is 0.479. The number of hydrogen-bond donors (Lipinski definition) is 0. The van der Waals surface area contributed by atoms with E-state index < -0.39 is 0 Å². The van der Waals surface area contributed by atoms with Crippen molar-refractivity contribution in [3.63, 3.8) is 0 Å². The molecule has 4 nitrogen and oxygen atoms in total. The summed E-state index contributed by atoms with van der Waals surface area (Å²) in [4.78, 5) is 0. The summed E-state index contributed by atoms with van der Waals surface area (Å²) >= 11 is 0. The Labute approximate surface area is 265 Å². The maximum atomic E-state index is 9.63. The van der Waals surface area contributed by atoms with Crippen LogP contribution in [0.15, 0.2) is 60.7 Å². The number of unbranched alkanes of at least 4 members (excludes halogenated alkanes) is 2. The van der Waals surface area contributed by atoms with Crippen molar-refractivity contribution in [3.8, 4) is 23.6 Å². The summed E-state index contributed by atoms with van der Waals surface area (Å²) in [6.45, 7) is 10.2. The molecule has 230 valence electrons. The van der Waals surface area contributed by atoms with Crippen LogP contribution in [-0.4, -0.2) is 13.2 Å². The van der Waals surface area contributed by atoms with Crippen LogP contribution in [0.25, 0.3) is 24.3 Å². The molecule has 0 heterocycles. The minimum Gasteiger partial charge on any atom is -0.493 e. The molecule has 0 radical (unpaired) electrons. The van der Waals surface area contributed by atoms with Crippen LogP contribution in [0.4, 0.5) is 0 Å². The van der Waals surface area contributed by atoms with E-state index in [0.29, 0.717) is 36.2 Å². The van der Waals surface area contributed by atoms with Crippen LogP contribution < -0.4 is 9.47 Å². The van der Waals surface area contributed by atoms with Gasteiger partial charge >= 0.3 is 0 Å². The second-order valence-corrected chi connectivity index (χ2v) is 11.4. The first-order chi connectivity index (χ1) is 21.6. The smallest absolute Gasteiger partial charge is 0.127 e. The van der Waals surface area contributed by atoms with Gasteiger partial charge in [-0.05, 0) is 60.1 Å². The van der Waals surface area contributed by atoms with Crippen molar-refractivity contribution in [1.82, 2.24) is 0 Å². The summed E-state index contributed by atoms with van der Waals surface area (Å²) in [5.41, 5.74) is 4.81. The summed E-state index contributed by atoms with van der Waals surface area (Å²) < 4.78 is 13.1. The Morgan fingerprint density at radius 3 is 1.34 bits per heavy atom. The maximum Gasteiger partial charge on any atom is 0.127 e. The van der Waals surface area contributed by atoms with E-state index in [1.54, 1.807) is 0 Å². The molecule has 2 unspecified atom stereocenters. The fraction of sp³-hybridized carbons (Fsp3) is 0.400. The lowest BCUT2D eigenvalue weighted by atomic mass is 9.99. The van der Waals surface area contributed by atoms with E-state index in [4.69, 9.17) is 9.47 Å². The Bertz CT molecular complexity index is 1350. The van der Waals surface area contributed by atoms with Crippen LogP contribution in [0.2, 0.25) is 0 Å². The van der Waals surface area contributed by atoms with Gasteiger partial charge in [-0.2, -0.15) is 10.5 Å². The highest BCUT2D eigenvalue weighted by molar-refractivity contribution is 5.80. The van der Waals surface area contributed by atoms with Crippen LogP contribution in [-0.2, 0) is 0 Å². The van der Waals surface area contributed by atoms with E-state index in [2.05, 4.69) is 52.0 Å². The first-order valence-electron chi connectivity index (χ1n) is 16.3. The molecule has 0 saturated heterocycles. The van der Waals surface area contributed by atoms with Crippen LogP contribution in [0.3, 0.4) is 0 Å². The van der Waals surface area contributed by atoms with Crippen molar-refractivity contribution in [1.29, 1.82) is 10.5 Å². The van der Waals surface area contributed by atoms with Gasteiger partial charge in [0, 0.05) is 11.1 Å². The number of hydrogen-bond acceptors (Lipinski definition) is 4. The first-order valence-corrected chi connectivity index (χ1v) is 16.3. The summed E-state index contributed by atoms with van der Waals surface area (Å²) in [5, 5.41) is 19.3. The monoisotopic (exact) mass is 588 g/mol. The van der Waals surface area contributed by atoms with E-state index in [0.717, 1.165) is 59.4 Å². The Balaban J connectivity index is 2.08. The van der Waals surface area contributed by atoms with Gasteiger partial charge in [-0.25, -0.2) is 0 Å². The van der Waals surface area contributed by atoms with Crippen LogP contribution >= 0.6 is 0 Å². The van der Waals surface area contributed by atoms with Crippen molar-refractivity contribution < 1.29 is 9.47 Å². The molecule has 4 heteroatoms. The molecule has 3 aromatic carbocycles. The number of nitrogens with zero attached hydrogens (tertiary/aromatic N) is 2. The molecule has 44 heavy (non-hydrogen) atoms. The second-order valence-electron chi connectivity index (χ2n) is 11.4. The molecule has 0 saturated carbocycles.